The first-order valence-corrected chi connectivity index (χ1v) is 7.23. The van der Waals surface area contributed by atoms with Crippen LogP contribution in [0.2, 0.25) is 0 Å². The Morgan fingerprint density at radius 1 is 1.63 bits per heavy atom. The SMILES string of the molecule is CNCC1CN(C(=O)c2cc(I)ccc2O)CCO1. The Morgan fingerprint density at radius 2 is 2.42 bits per heavy atom. The van der Waals surface area contributed by atoms with Crippen LogP contribution >= 0.6 is 22.6 Å². The first kappa shape index (κ1) is 14.5. The number of hydrogen-bond donors (Lipinski definition) is 2. The lowest BCUT2D eigenvalue weighted by atomic mass is 10.1. The molecule has 1 saturated heterocycles. The zero-order valence-electron chi connectivity index (χ0n) is 10.7. The van der Waals surface area contributed by atoms with Gasteiger partial charge in [0.1, 0.15) is 5.75 Å². The highest BCUT2D eigenvalue weighted by Crippen LogP contribution is 2.22. The Kier molecular flexibility index (Phi) is 5.00. The van der Waals surface area contributed by atoms with Crippen LogP contribution in [-0.2, 0) is 4.74 Å². The predicted octanol–water partition coefficient (Wildman–Crippen LogP) is 1.06. The Bertz CT molecular complexity index is 465. The van der Waals surface area contributed by atoms with Gasteiger partial charge in [-0.25, -0.2) is 0 Å². The molecule has 104 valence electrons. The van der Waals surface area contributed by atoms with Gasteiger partial charge in [-0.2, -0.15) is 0 Å². The van der Waals surface area contributed by atoms with E-state index in [1.807, 2.05) is 7.05 Å². The van der Waals surface area contributed by atoms with Crippen molar-refractivity contribution in [2.45, 2.75) is 6.10 Å². The summed E-state index contributed by atoms with van der Waals surface area (Å²) in [5, 5.41) is 12.9. The Labute approximate surface area is 126 Å². The number of benzene rings is 1. The number of phenolic OH excluding ortho intramolecular Hbond substituents is 1. The minimum atomic E-state index is -0.139. The molecule has 0 aliphatic carbocycles. The smallest absolute Gasteiger partial charge is 0.257 e. The molecule has 1 atom stereocenters. The average molecular weight is 376 g/mol. The maximum absolute atomic E-state index is 12.4. The van der Waals surface area contributed by atoms with Gasteiger partial charge in [0.2, 0.25) is 0 Å². The van der Waals surface area contributed by atoms with Crippen molar-refractivity contribution in [2.24, 2.45) is 0 Å². The molecule has 0 bridgehead atoms. The summed E-state index contributed by atoms with van der Waals surface area (Å²) in [5.74, 6) is -0.109. The van der Waals surface area contributed by atoms with Crippen molar-refractivity contribution in [3.05, 3.63) is 27.3 Å². The van der Waals surface area contributed by atoms with Crippen LogP contribution in [0.15, 0.2) is 18.2 Å². The van der Waals surface area contributed by atoms with Gasteiger partial charge in [-0.05, 0) is 47.8 Å². The zero-order valence-corrected chi connectivity index (χ0v) is 12.9. The molecule has 6 heteroatoms. The zero-order chi connectivity index (χ0) is 13.8. The van der Waals surface area contributed by atoms with Crippen LogP contribution in [0.25, 0.3) is 0 Å². The van der Waals surface area contributed by atoms with Gasteiger partial charge in [-0.15, -0.1) is 0 Å². The number of hydrogen-bond acceptors (Lipinski definition) is 4. The highest BCUT2D eigenvalue weighted by Gasteiger charge is 2.26. The number of rotatable bonds is 3. The average Bonchev–Trinajstić information content (AvgIpc) is 2.41. The van der Waals surface area contributed by atoms with E-state index in [4.69, 9.17) is 4.74 Å². The van der Waals surface area contributed by atoms with Gasteiger partial charge in [-0.1, -0.05) is 0 Å². The van der Waals surface area contributed by atoms with Gasteiger partial charge in [0.25, 0.3) is 5.91 Å². The summed E-state index contributed by atoms with van der Waals surface area (Å²) in [6.45, 7) is 2.35. The molecule has 1 aliphatic heterocycles. The topological polar surface area (TPSA) is 61.8 Å². The van der Waals surface area contributed by atoms with Crippen molar-refractivity contribution in [1.29, 1.82) is 0 Å². The van der Waals surface area contributed by atoms with Crippen LogP contribution in [0.3, 0.4) is 0 Å². The van der Waals surface area contributed by atoms with E-state index in [1.54, 1.807) is 23.1 Å². The minimum Gasteiger partial charge on any atom is -0.507 e. The fourth-order valence-corrected chi connectivity index (χ4v) is 2.60. The van der Waals surface area contributed by atoms with Crippen LogP contribution in [0.4, 0.5) is 0 Å². The summed E-state index contributed by atoms with van der Waals surface area (Å²) in [7, 11) is 1.86. The van der Waals surface area contributed by atoms with E-state index in [0.29, 0.717) is 31.8 Å². The quantitative estimate of drug-likeness (QED) is 0.775. The van der Waals surface area contributed by atoms with E-state index in [2.05, 4.69) is 27.9 Å². The van der Waals surface area contributed by atoms with E-state index in [1.165, 1.54) is 0 Å². The molecule has 1 aromatic rings. The summed E-state index contributed by atoms with van der Waals surface area (Å²) in [6, 6.07) is 5.04. The van der Waals surface area contributed by atoms with Crippen molar-refractivity contribution in [3.63, 3.8) is 0 Å². The van der Waals surface area contributed by atoms with Gasteiger partial charge < -0.3 is 20.1 Å². The largest absolute Gasteiger partial charge is 0.507 e. The van der Waals surface area contributed by atoms with Crippen LogP contribution in [0.1, 0.15) is 10.4 Å². The maximum atomic E-state index is 12.4. The Morgan fingerprint density at radius 3 is 3.16 bits per heavy atom. The molecule has 0 aromatic heterocycles. The lowest BCUT2D eigenvalue weighted by Crippen LogP contribution is -2.48. The standard InChI is InChI=1S/C13H17IN2O3/c1-15-7-10-8-16(4-5-19-10)13(18)11-6-9(14)2-3-12(11)17/h2-3,6,10,15,17H,4-5,7-8H2,1H3. The summed E-state index contributed by atoms with van der Waals surface area (Å²) in [6.07, 6.45) is 0.00706. The molecular weight excluding hydrogens is 359 g/mol. The first-order chi connectivity index (χ1) is 9.11. The lowest BCUT2D eigenvalue weighted by Gasteiger charge is -2.33. The molecule has 1 aromatic carbocycles. The van der Waals surface area contributed by atoms with Gasteiger partial charge >= 0.3 is 0 Å². The number of nitrogens with one attached hydrogen (secondary N) is 1. The molecule has 2 rings (SSSR count). The van der Waals surface area contributed by atoms with Crippen molar-refractivity contribution in [1.82, 2.24) is 10.2 Å². The van der Waals surface area contributed by atoms with Gasteiger partial charge in [-0.3, -0.25) is 4.79 Å². The molecule has 1 aliphatic rings. The van der Waals surface area contributed by atoms with Gasteiger partial charge in [0.05, 0.1) is 18.3 Å². The van der Waals surface area contributed by atoms with Crippen LogP contribution < -0.4 is 5.32 Å². The number of likely N-dealkylation sites (N-methyl/N-ethyl adjacent to an activating group) is 1. The van der Waals surface area contributed by atoms with Gasteiger partial charge in [0, 0.05) is 23.2 Å². The molecule has 1 heterocycles. The fourth-order valence-electron chi connectivity index (χ4n) is 2.10. The Balaban J connectivity index is 2.12. The molecule has 19 heavy (non-hydrogen) atoms. The summed E-state index contributed by atoms with van der Waals surface area (Å²) in [5.41, 5.74) is 0.358. The molecule has 2 N–H and O–H groups in total. The number of phenols is 1. The third-order valence-corrected chi connectivity index (χ3v) is 3.72. The van der Waals surface area contributed by atoms with Gasteiger partial charge in [0.15, 0.2) is 0 Å². The van der Waals surface area contributed by atoms with E-state index in [9.17, 15) is 9.90 Å². The number of morpholine rings is 1. The molecule has 1 amide bonds. The van der Waals surface area contributed by atoms with Crippen LogP contribution in [0.5, 0.6) is 5.75 Å². The molecule has 0 radical (unpaired) electrons. The number of carbonyl (C=O) groups is 1. The minimum absolute atomic E-state index is 0.00706. The van der Waals surface area contributed by atoms with Crippen molar-refractivity contribution < 1.29 is 14.6 Å². The molecule has 5 nitrogen and oxygen atoms in total. The monoisotopic (exact) mass is 376 g/mol. The highest BCUT2D eigenvalue weighted by molar-refractivity contribution is 14.1. The Hall–Kier alpha value is -0.860. The molecular formula is C13H17IN2O3. The summed E-state index contributed by atoms with van der Waals surface area (Å²) in [4.78, 5) is 14.1. The lowest BCUT2D eigenvalue weighted by molar-refractivity contribution is -0.0197. The van der Waals surface area contributed by atoms with Crippen molar-refractivity contribution in [3.8, 4) is 5.75 Å². The van der Waals surface area contributed by atoms with E-state index in [0.717, 1.165) is 3.57 Å². The van der Waals surface area contributed by atoms with Crippen LogP contribution in [-0.4, -0.2) is 55.3 Å². The molecule has 0 spiro atoms. The second-order valence-corrected chi connectivity index (χ2v) is 5.71. The third-order valence-electron chi connectivity index (χ3n) is 3.05. The molecule has 1 fully saturated rings. The van der Waals surface area contributed by atoms with Crippen molar-refractivity contribution >= 4 is 28.5 Å². The number of aromatic hydroxyl groups is 1. The number of carbonyl (C=O) groups excluding carboxylic acids is 1. The number of amides is 1. The fraction of sp³-hybridized carbons (Fsp3) is 0.462. The van der Waals surface area contributed by atoms with E-state index in [-0.39, 0.29) is 17.8 Å². The van der Waals surface area contributed by atoms with Crippen LogP contribution in [0, 0.1) is 3.57 Å². The second kappa shape index (κ2) is 6.53. The maximum Gasteiger partial charge on any atom is 0.257 e. The summed E-state index contributed by atoms with van der Waals surface area (Å²) < 4.78 is 6.50. The number of ether oxygens (including phenoxy) is 1. The summed E-state index contributed by atoms with van der Waals surface area (Å²) >= 11 is 2.13. The van der Waals surface area contributed by atoms with Crippen molar-refractivity contribution in [2.75, 3.05) is 33.3 Å². The van der Waals surface area contributed by atoms with E-state index < -0.39 is 0 Å². The normalized spacial score (nSPS) is 19.5. The molecule has 1 unspecified atom stereocenters. The first-order valence-electron chi connectivity index (χ1n) is 6.16. The molecule has 0 saturated carbocycles. The highest BCUT2D eigenvalue weighted by atomic mass is 127. The number of nitrogens with zero attached hydrogens (tertiary/aromatic N) is 1. The second-order valence-electron chi connectivity index (χ2n) is 4.46. The third kappa shape index (κ3) is 3.58. The van der Waals surface area contributed by atoms with E-state index >= 15 is 0 Å². The number of halogens is 1. The predicted molar refractivity (Wildman–Crippen MR) is 80.4 cm³/mol.